The second-order valence-electron chi connectivity index (χ2n) is 1.02. The monoisotopic (exact) mass is 234 g/mol. The number of halogens is 1. The SMILES string of the molecule is F.OCC(O)CO.[SnH2]. The fourth-order valence-corrected chi connectivity index (χ4v) is 0.0577. The molecule has 2 radical (unpaired) electrons. The van der Waals surface area contributed by atoms with Crippen molar-refractivity contribution in [3.8, 4) is 0 Å². The number of hydrogen-bond acceptors (Lipinski definition) is 3. The van der Waals surface area contributed by atoms with Gasteiger partial charge in [-0.25, -0.2) is 0 Å². The van der Waals surface area contributed by atoms with Gasteiger partial charge in [0, 0.05) is 0 Å². The molecule has 0 bridgehead atoms. The molecule has 0 aromatic carbocycles. The van der Waals surface area contributed by atoms with Crippen molar-refractivity contribution in [2.24, 2.45) is 0 Å². The summed E-state index contributed by atoms with van der Waals surface area (Å²) in [6.07, 6.45) is -0.954. The van der Waals surface area contributed by atoms with Crippen LogP contribution >= 0.6 is 0 Å². The van der Waals surface area contributed by atoms with Crippen molar-refractivity contribution in [1.82, 2.24) is 0 Å². The van der Waals surface area contributed by atoms with Gasteiger partial charge >= 0.3 is 23.9 Å². The fraction of sp³-hybridized carbons (Fsp3) is 1.00. The van der Waals surface area contributed by atoms with Crippen molar-refractivity contribution < 1.29 is 20.0 Å². The Labute approximate surface area is 63.7 Å². The van der Waals surface area contributed by atoms with Crippen molar-refractivity contribution in [2.45, 2.75) is 6.10 Å². The van der Waals surface area contributed by atoms with Gasteiger partial charge in [-0.2, -0.15) is 0 Å². The zero-order valence-corrected chi connectivity index (χ0v) is 8.48. The maximum absolute atomic E-state index is 8.17. The van der Waals surface area contributed by atoms with E-state index in [-0.39, 0.29) is 41.8 Å². The molecule has 0 aliphatic rings. The Balaban J connectivity index is -0.000000125. The predicted molar refractivity (Wildman–Crippen MR) is 31.2 cm³/mol. The molecule has 0 heterocycles. The summed E-state index contributed by atoms with van der Waals surface area (Å²) in [5.74, 6) is 0. The van der Waals surface area contributed by atoms with Gasteiger partial charge in [-0.3, -0.25) is 4.70 Å². The number of hydrogen-bond donors (Lipinski definition) is 3. The van der Waals surface area contributed by atoms with Gasteiger partial charge in [0.15, 0.2) is 0 Å². The van der Waals surface area contributed by atoms with Gasteiger partial charge in [0.2, 0.25) is 0 Å². The third-order valence-corrected chi connectivity index (χ3v) is 0.421. The summed E-state index contributed by atoms with van der Waals surface area (Å²) in [5.41, 5.74) is 0. The molecule has 0 spiro atoms. The van der Waals surface area contributed by atoms with Crippen molar-refractivity contribution in [2.75, 3.05) is 13.2 Å². The Morgan fingerprint density at radius 1 is 1.12 bits per heavy atom. The minimum atomic E-state index is -0.954. The maximum atomic E-state index is 8.17. The first-order valence-corrected chi connectivity index (χ1v) is 1.71. The molecule has 0 rings (SSSR count). The molecule has 0 amide bonds. The van der Waals surface area contributed by atoms with Crippen LogP contribution in [0, 0.1) is 0 Å². The van der Waals surface area contributed by atoms with E-state index in [9.17, 15) is 0 Å². The van der Waals surface area contributed by atoms with E-state index in [2.05, 4.69) is 0 Å². The van der Waals surface area contributed by atoms with E-state index in [4.69, 9.17) is 15.3 Å². The van der Waals surface area contributed by atoms with E-state index in [1.54, 1.807) is 0 Å². The molecule has 0 fully saturated rings. The van der Waals surface area contributed by atoms with Crippen LogP contribution in [0.3, 0.4) is 0 Å². The summed E-state index contributed by atoms with van der Waals surface area (Å²) in [4.78, 5) is 0. The summed E-state index contributed by atoms with van der Waals surface area (Å²) in [5, 5.41) is 24.0. The Kier molecular flexibility index (Phi) is 20.9. The van der Waals surface area contributed by atoms with E-state index >= 15 is 0 Å². The van der Waals surface area contributed by atoms with Gasteiger partial charge in [0.1, 0.15) is 6.10 Å². The Morgan fingerprint density at radius 3 is 1.38 bits per heavy atom. The van der Waals surface area contributed by atoms with Crippen LogP contribution in [0.2, 0.25) is 0 Å². The molecular formula is C3H11FO3Sn. The van der Waals surface area contributed by atoms with Crippen LogP contribution in [0.15, 0.2) is 0 Å². The Morgan fingerprint density at radius 2 is 1.38 bits per heavy atom. The van der Waals surface area contributed by atoms with Gasteiger partial charge in [-0.15, -0.1) is 0 Å². The number of aliphatic hydroxyl groups excluding tert-OH is 3. The van der Waals surface area contributed by atoms with Crippen molar-refractivity contribution in [3.05, 3.63) is 0 Å². The molecule has 3 N–H and O–H groups in total. The molecule has 52 valence electrons. The molecule has 0 saturated heterocycles. The molecule has 0 aliphatic carbocycles. The molecule has 5 heteroatoms. The van der Waals surface area contributed by atoms with E-state index in [0.717, 1.165) is 0 Å². The van der Waals surface area contributed by atoms with Crippen LogP contribution < -0.4 is 0 Å². The van der Waals surface area contributed by atoms with Crippen LogP contribution in [0.5, 0.6) is 0 Å². The van der Waals surface area contributed by atoms with E-state index < -0.39 is 6.10 Å². The third-order valence-electron chi connectivity index (χ3n) is 0.421. The quantitative estimate of drug-likeness (QED) is 0.464. The molecule has 0 aliphatic heterocycles. The topological polar surface area (TPSA) is 60.7 Å². The van der Waals surface area contributed by atoms with E-state index in [0.29, 0.717) is 0 Å². The summed E-state index contributed by atoms with van der Waals surface area (Å²) < 4.78 is 0. The zero-order chi connectivity index (χ0) is 4.99. The van der Waals surface area contributed by atoms with Crippen molar-refractivity contribution in [3.63, 3.8) is 0 Å². The summed E-state index contributed by atoms with van der Waals surface area (Å²) in [6, 6.07) is 0. The van der Waals surface area contributed by atoms with Gasteiger partial charge in [0.25, 0.3) is 0 Å². The summed E-state index contributed by atoms with van der Waals surface area (Å²) in [6.45, 7) is -0.729. The van der Waals surface area contributed by atoms with Gasteiger partial charge in [-0.05, 0) is 0 Å². The first kappa shape index (κ1) is 15.8. The molecule has 0 atom stereocenters. The normalized spacial score (nSPS) is 7.50. The number of aliphatic hydroxyl groups is 3. The zero-order valence-electron chi connectivity index (χ0n) is 4.45. The van der Waals surface area contributed by atoms with Crippen LogP contribution in [-0.2, 0) is 0 Å². The van der Waals surface area contributed by atoms with Crippen molar-refractivity contribution in [1.29, 1.82) is 0 Å². The molecule has 3 nitrogen and oxygen atoms in total. The van der Waals surface area contributed by atoms with Crippen LogP contribution in [0.25, 0.3) is 0 Å². The Hall–Kier alpha value is 0.609. The average molecular weight is 233 g/mol. The van der Waals surface area contributed by atoms with E-state index in [1.807, 2.05) is 0 Å². The molecule has 0 unspecified atom stereocenters. The second-order valence-corrected chi connectivity index (χ2v) is 1.02. The first-order valence-electron chi connectivity index (χ1n) is 1.71. The molecule has 0 aromatic heterocycles. The Bertz CT molecular complexity index is 33.7. The van der Waals surface area contributed by atoms with Gasteiger partial charge in [0.05, 0.1) is 13.2 Å². The third kappa shape index (κ3) is 9.79. The average Bonchev–Trinajstić information content (AvgIpc) is 1.65. The van der Waals surface area contributed by atoms with Crippen LogP contribution in [0.1, 0.15) is 0 Å². The molecule has 0 saturated carbocycles. The summed E-state index contributed by atoms with van der Waals surface area (Å²) >= 11 is 0. The van der Waals surface area contributed by atoms with E-state index in [1.165, 1.54) is 0 Å². The van der Waals surface area contributed by atoms with Crippen LogP contribution in [-0.4, -0.2) is 58.5 Å². The fourth-order valence-electron chi connectivity index (χ4n) is 0.0577. The standard InChI is InChI=1S/C3H8O3.FH.Sn.2H/c4-1-3(6)2-5;;;;/h3-6H,1-2H2;1H;;;. The summed E-state index contributed by atoms with van der Waals surface area (Å²) in [7, 11) is 0. The number of rotatable bonds is 2. The minimum absolute atomic E-state index is 0. The van der Waals surface area contributed by atoms with Gasteiger partial charge in [-0.1, -0.05) is 0 Å². The van der Waals surface area contributed by atoms with Gasteiger partial charge < -0.3 is 15.3 Å². The molecule has 8 heavy (non-hydrogen) atoms. The molecule has 0 aromatic rings. The van der Waals surface area contributed by atoms with Crippen LogP contribution in [0.4, 0.5) is 4.70 Å². The first-order chi connectivity index (χ1) is 2.81. The molecular weight excluding hydrogens is 222 g/mol. The second kappa shape index (κ2) is 10.6. The van der Waals surface area contributed by atoms with Crippen molar-refractivity contribution >= 4 is 23.9 Å². The predicted octanol–water partition coefficient (Wildman–Crippen LogP) is -2.43.